The van der Waals surface area contributed by atoms with Crippen molar-refractivity contribution >= 4 is 25.2 Å². The molecule has 0 aromatic heterocycles. The first-order chi connectivity index (χ1) is 20.1. The Labute approximate surface area is 255 Å². The molecule has 0 spiro atoms. The molecule has 11 heteroatoms. The number of aliphatic carboxylic acids is 2. The molecule has 0 heterocycles. The van der Waals surface area contributed by atoms with Gasteiger partial charge in [-0.25, -0.2) is 0 Å². The van der Waals surface area contributed by atoms with Crippen molar-refractivity contribution in [3.63, 3.8) is 0 Å². The highest BCUT2D eigenvalue weighted by Crippen LogP contribution is 2.68. The fourth-order valence-corrected chi connectivity index (χ4v) is 12.0. The average Bonchev–Trinajstić information content (AvgIpc) is 3.29. The number of carbonyl (C=O) groups excluding carboxylic acids is 1. The van der Waals surface area contributed by atoms with Crippen LogP contribution in [0.4, 0.5) is 0 Å². The molecule has 12 atom stereocenters. The fourth-order valence-electron chi connectivity index (χ4n) is 10.2. The van der Waals surface area contributed by atoms with Gasteiger partial charge in [0.1, 0.15) is 0 Å². The van der Waals surface area contributed by atoms with Crippen LogP contribution < -0.4 is 5.32 Å². The lowest BCUT2D eigenvalue weighted by molar-refractivity contribution is -0.174. The third-order valence-electron chi connectivity index (χ3n) is 12.7. The van der Waals surface area contributed by atoms with Crippen LogP contribution in [0.2, 0.25) is 0 Å². The number of nitrogens with one attached hydrogen (secondary N) is 1. The molecule has 6 N–H and O–H groups in total. The number of carboxylic acids is 2. The molecular weight excluding hydrogens is 573 g/mol. The summed E-state index contributed by atoms with van der Waals surface area (Å²) in [5, 5.41) is 43.0. The summed E-state index contributed by atoms with van der Waals surface area (Å²) in [6.45, 7) is 7.35. The Morgan fingerprint density at radius 2 is 1.67 bits per heavy atom. The predicted octanol–water partition coefficient (Wildman–Crippen LogP) is 4.35. The summed E-state index contributed by atoms with van der Waals surface area (Å²) in [6.07, 6.45) is 6.64. The van der Waals surface area contributed by atoms with Gasteiger partial charge in [-0.15, -0.1) is 0 Å². The molecule has 0 saturated heterocycles. The second-order valence-corrected chi connectivity index (χ2v) is 17.5. The minimum atomic E-state index is -3.92. The maximum atomic E-state index is 12.6. The maximum Gasteiger partial charge on any atom is 0.307 e. The molecule has 10 nitrogen and oxygen atoms in total. The van der Waals surface area contributed by atoms with Crippen LogP contribution in [0.3, 0.4) is 0 Å². The Morgan fingerprint density at radius 1 is 0.953 bits per heavy atom. The quantitative estimate of drug-likeness (QED) is 0.162. The van der Waals surface area contributed by atoms with Crippen molar-refractivity contribution in [3.05, 3.63) is 0 Å². The molecule has 0 aromatic rings. The fraction of sp³-hybridized carbons (Fsp3) is 0.906. The van der Waals surface area contributed by atoms with E-state index in [0.717, 1.165) is 44.9 Å². The minimum absolute atomic E-state index is 0.160. The number of fused-ring (bicyclic) bond motifs is 5. The Hall–Kier alpha value is -1.48. The van der Waals surface area contributed by atoms with Crippen LogP contribution in [0.1, 0.15) is 97.8 Å². The van der Waals surface area contributed by atoms with Gasteiger partial charge in [0.15, 0.2) is 0 Å². The SMILES string of the molecule is C[C@H](CCNC(=O)CCP(=O)(O)CC(CCC(=O)O)C(=O)O)C1CCC2C3CC[C@@H]4C[C@H](O)CC[C@]4(C)C3C[C@H](O)[C@@]21C. The van der Waals surface area contributed by atoms with E-state index in [0.29, 0.717) is 36.1 Å². The highest BCUT2D eigenvalue weighted by atomic mass is 31.2. The zero-order valence-corrected chi connectivity index (χ0v) is 27.0. The normalized spacial score (nSPS) is 39.8. The number of aliphatic hydroxyl groups excluding tert-OH is 2. The van der Waals surface area contributed by atoms with Crippen molar-refractivity contribution in [2.45, 2.75) is 110 Å². The van der Waals surface area contributed by atoms with E-state index in [1.54, 1.807) is 0 Å². The van der Waals surface area contributed by atoms with Gasteiger partial charge in [-0.05, 0) is 111 Å². The first-order valence-corrected chi connectivity index (χ1v) is 18.5. The third-order valence-corrected chi connectivity index (χ3v) is 14.6. The van der Waals surface area contributed by atoms with Crippen molar-refractivity contribution in [1.29, 1.82) is 0 Å². The number of carbonyl (C=O) groups is 3. The molecule has 4 rings (SSSR count). The van der Waals surface area contributed by atoms with E-state index in [9.17, 15) is 39.2 Å². The van der Waals surface area contributed by atoms with Crippen molar-refractivity contribution in [2.75, 3.05) is 18.9 Å². The molecule has 0 aliphatic heterocycles. The lowest BCUT2D eigenvalue weighted by Crippen LogP contribution is -2.58. The van der Waals surface area contributed by atoms with Gasteiger partial charge in [0, 0.05) is 31.7 Å². The number of carboxylic acid groups (broad SMARTS) is 2. The van der Waals surface area contributed by atoms with Crippen molar-refractivity contribution in [2.24, 2.45) is 52.3 Å². The summed E-state index contributed by atoms with van der Waals surface area (Å²) in [5.74, 6) is -1.31. The first-order valence-electron chi connectivity index (χ1n) is 16.5. The van der Waals surface area contributed by atoms with Crippen LogP contribution >= 0.6 is 7.37 Å². The van der Waals surface area contributed by atoms with Gasteiger partial charge in [-0.2, -0.15) is 0 Å². The molecule has 1 amide bonds. The van der Waals surface area contributed by atoms with Gasteiger partial charge in [0.2, 0.25) is 13.3 Å². The second kappa shape index (κ2) is 13.5. The van der Waals surface area contributed by atoms with Crippen molar-refractivity contribution in [3.8, 4) is 0 Å². The highest BCUT2D eigenvalue weighted by Gasteiger charge is 2.63. The van der Waals surface area contributed by atoms with Gasteiger partial charge in [0.25, 0.3) is 0 Å². The van der Waals surface area contributed by atoms with E-state index in [1.165, 1.54) is 12.8 Å². The van der Waals surface area contributed by atoms with Gasteiger partial charge in [0.05, 0.1) is 18.1 Å². The molecule has 4 saturated carbocycles. The minimum Gasteiger partial charge on any atom is -0.481 e. The summed E-state index contributed by atoms with van der Waals surface area (Å²) in [6, 6.07) is 0. The summed E-state index contributed by atoms with van der Waals surface area (Å²) in [7, 11) is -3.92. The number of amides is 1. The lowest BCUT2D eigenvalue weighted by Gasteiger charge is -2.62. The van der Waals surface area contributed by atoms with Crippen LogP contribution in [-0.2, 0) is 18.9 Å². The molecule has 0 aromatic carbocycles. The summed E-state index contributed by atoms with van der Waals surface area (Å²) < 4.78 is 12.6. The van der Waals surface area contributed by atoms with Crippen LogP contribution in [0, 0.1) is 52.3 Å². The van der Waals surface area contributed by atoms with Crippen LogP contribution in [0.5, 0.6) is 0 Å². The monoisotopic (exact) mass is 627 g/mol. The molecular formula is C32H54NO9P. The van der Waals surface area contributed by atoms with E-state index in [4.69, 9.17) is 5.11 Å². The Bertz CT molecular complexity index is 1090. The van der Waals surface area contributed by atoms with Gasteiger partial charge in [-0.3, -0.25) is 18.9 Å². The molecule has 246 valence electrons. The maximum absolute atomic E-state index is 12.6. The predicted molar refractivity (Wildman–Crippen MR) is 162 cm³/mol. The molecule has 4 aliphatic carbocycles. The van der Waals surface area contributed by atoms with E-state index < -0.39 is 37.8 Å². The van der Waals surface area contributed by atoms with E-state index >= 15 is 0 Å². The smallest absolute Gasteiger partial charge is 0.307 e. The van der Waals surface area contributed by atoms with Crippen LogP contribution in [0.15, 0.2) is 0 Å². The van der Waals surface area contributed by atoms with E-state index in [-0.39, 0.29) is 53.9 Å². The molecule has 4 aliphatic rings. The van der Waals surface area contributed by atoms with Gasteiger partial charge < -0.3 is 30.6 Å². The molecule has 0 radical (unpaired) electrons. The van der Waals surface area contributed by atoms with Crippen LogP contribution in [0.25, 0.3) is 0 Å². The Balaban J connectivity index is 1.27. The Morgan fingerprint density at radius 3 is 2.35 bits per heavy atom. The Kier molecular flexibility index (Phi) is 10.8. The highest BCUT2D eigenvalue weighted by molar-refractivity contribution is 7.58. The average molecular weight is 628 g/mol. The van der Waals surface area contributed by atoms with Crippen molar-refractivity contribution in [1.82, 2.24) is 5.32 Å². The number of rotatable bonds is 13. The standard InChI is InChI=1S/C32H54NO9P/c1-19(11-14-33-28(36)12-15-43(41,42)18-20(30(39)40)4-9-29(37)38)24-7-8-25-23-6-5-21-16-22(34)10-13-31(21,2)26(23)17-27(35)32(24,25)3/h19-27,34-35H,4-18H2,1-3H3,(H,33,36)(H,37,38)(H,39,40)(H,41,42)/t19-,20?,21-,22-,23?,24?,25?,26?,27+,31+,32-/m1/s1. The number of hydrogen-bond acceptors (Lipinski definition) is 6. The third kappa shape index (κ3) is 7.34. The number of aliphatic hydroxyl groups is 2. The van der Waals surface area contributed by atoms with Crippen LogP contribution in [-0.4, -0.2) is 74.2 Å². The first kappa shape index (κ1) is 34.4. The largest absolute Gasteiger partial charge is 0.481 e. The van der Waals surface area contributed by atoms with Gasteiger partial charge >= 0.3 is 11.9 Å². The zero-order valence-electron chi connectivity index (χ0n) is 26.1. The second-order valence-electron chi connectivity index (χ2n) is 15.0. The molecule has 4 fully saturated rings. The summed E-state index contributed by atoms with van der Waals surface area (Å²) >= 11 is 0. The van der Waals surface area contributed by atoms with Gasteiger partial charge in [-0.1, -0.05) is 20.8 Å². The summed E-state index contributed by atoms with van der Waals surface area (Å²) in [4.78, 5) is 44.9. The zero-order chi connectivity index (χ0) is 31.7. The van der Waals surface area contributed by atoms with E-state index in [2.05, 4.69) is 26.1 Å². The molecule has 6 unspecified atom stereocenters. The number of hydrogen-bond donors (Lipinski definition) is 6. The molecule has 43 heavy (non-hydrogen) atoms. The lowest BCUT2D eigenvalue weighted by atomic mass is 9.43. The molecule has 0 bridgehead atoms. The van der Waals surface area contributed by atoms with E-state index in [1.807, 2.05) is 0 Å². The van der Waals surface area contributed by atoms with Crippen molar-refractivity contribution < 1.29 is 44.3 Å². The topological polar surface area (TPSA) is 181 Å². The summed E-state index contributed by atoms with van der Waals surface area (Å²) in [5.41, 5.74) is 0.0385.